The van der Waals surface area contributed by atoms with Crippen molar-refractivity contribution < 1.29 is 14.7 Å². The van der Waals surface area contributed by atoms with Crippen LogP contribution in [-0.2, 0) is 4.79 Å². The largest absolute Gasteiger partial charge is 0.392 e. The topological polar surface area (TPSA) is 90.5 Å². The van der Waals surface area contributed by atoms with E-state index in [1.54, 1.807) is 31.2 Å². The molecule has 2 amide bonds. The molecule has 6 heteroatoms. The summed E-state index contributed by atoms with van der Waals surface area (Å²) >= 11 is 0. The number of hydrogen-bond acceptors (Lipinski definition) is 4. The standard InChI is InChI=1S/C20H25N3O3/c1-13-4-7-18(10-14(13)2)21-12-19(25)23-17-8-5-16(6-9-17)20(26)22-11-15(3)24/h4-10,15,21,24H,11-12H2,1-3H3,(H,22,26)(H,23,25). The van der Waals surface area contributed by atoms with Crippen molar-refractivity contribution in [1.29, 1.82) is 0 Å². The van der Waals surface area contributed by atoms with E-state index in [0.717, 1.165) is 5.69 Å². The van der Waals surface area contributed by atoms with E-state index >= 15 is 0 Å². The van der Waals surface area contributed by atoms with Gasteiger partial charge >= 0.3 is 0 Å². The molecule has 0 heterocycles. The molecule has 6 nitrogen and oxygen atoms in total. The zero-order valence-electron chi connectivity index (χ0n) is 15.3. The third kappa shape index (κ3) is 5.89. The van der Waals surface area contributed by atoms with Gasteiger partial charge in [-0.05, 0) is 68.3 Å². The molecular weight excluding hydrogens is 330 g/mol. The minimum Gasteiger partial charge on any atom is -0.392 e. The fraction of sp³-hybridized carbons (Fsp3) is 0.300. The van der Waals surface area contributed by atoms with Gasteiger partial charge in [-0.25, -0.2) is 0 Å². The van der Waals surface area contributed by atoms with E-state index < -0.39 is 6.10 Å². The zero-order valence-corrected chi connectivity index (χ0v) is 15.3. The number of carbonyl (C=O) groups is 2. The number of nitrogens with one attached hydrogen (secondary N) is 3. The fourth-order valence-electron chi connectivity index (χ4n) is 2.29. The molecule has 0 aliphatic heterocycles. The van der Waals surface area contributed by atoms with Crippen molar-refractivity contribution in [1.82, 2.24) is 5.32 Å². The van der Waals surface area contributed by atoms with Crippen LogP contribution < -0.4 is 16.0 Å². The first-order chi connectivity index (χ1) is 12.3. The summed E-state index contributed by atoms with van der Waals surface area (Å²) in [5.41, 5.74) is 4.35. The Kier molecular flexibility index (Phi) is 6.74. The summed E-state index contributed by atoms with van der Waals surface area (Å²) < 4.78 is 0. The lowest BCUT2D eigenvalue weighted by atomic mass is 10.1. The van der Waals surface area contributed by atoms with Crippen LogP contribution in [0.15, 0.2) is 42.5 Å². The molecule has 0 aliphatic carbocycles. The molecule has 2 aromatic carbocycles. The molecule has 0 bridgehead atoms. The maximum absolute atomic E-state index is 12.1. The Hall–Kier alpha value is -2.86. The van der Waals surface area contributed by atoms with Gasteiger partial charge in [-0.1, -0.05) is 6.07 Å². The molecular formula is C20H25N3O3. The van der Waals surface area contributed by atoms with E-state index in [9.17, 15) is 14.7 Å². The quantitative estimate of drug-likeness (QED) is 0.614. The molecule has 2 rings (SSSR count). The average molecular weight is 355 g/mol. The van der Waals surface area contributed by atoms with Gasteiger partial charge in [-0.2, -0.15) is 0 Å². The molecule has 4 N–H and O–H groups in total. The summed E-state index contributed by atoms with van der Waals surface area (Å²) in [6.07, 6.45) is -0.595. The van der Waals surface area contributed by atoms with E-state index in [0.29, 0.717) is 11.3 Å². The number of carbonyl (C=O) groups excluding carboxylic acids is 2. The molecule has 0 spiro atoms. The monoisotopic (exact) mass is 355 g/mol. The van der Waals surface area contributed by atoms with E-state index in [4.69, 9.17) is 0 Å². The van der Waals surface area contributed by atoms with Gasteiger partial charge in [0.1, 0.15) is 0 Å². The zero-order chi connectivity index (χ0) is 19.1. The predicted molar refractivity (Wildman–Crippen MR) is 103 cm³/mol. The van der Waals surface area contributed by atoms with Crippen molar-refractivity contribution >= 4 is 23.2 Å². The lowest BCUT2D eigenvalue weighted by Gasteiger charge is -2.10. The van der Waals surface area contributed by atoms with Gasteiger partial charge in [0.25, 0.3) is 5.91 Å². The summed E-state index contributed by atoms with van der Waals surface area (Å²) in [6, 6.07) is 12.6. The molecule has 26 heavy (non-hydrogen) atoms. The molecule has 0 aliphatic rings. The van der Waals surface area contributed by atoms with Crippen LogP contribution >= 0.6 is 0 Å². The highest BCUT2D eigenvalue weighted by molar-refractivity contribution is 5.96. The summed E-state index contributed by atoms with van der Waals surface area (Å²) in [7, 11) is 0. The van der Waals surface area contributed by atoms with E-state index in [1.807, 2.05) is 32.0 Å². The molecule has 0 saturated carbocycles. The Morgan fingerprint density at radius 1 is 1.00 bits per heavy atom. The second-order valence-electron chi connectivity index (χ2n) is 6.34. The third-order valence-electron chi connectivity index (χ3n) is 3.95. The van der Waals surface area contributed by atoms with Crippen LogP contribution in [0.1, 0.15) is 28.4 Å². The fourth-order valence-corrected chi connectivity index (χ4v) is 2.29. The second kappa shape index (κ2) is 9.01. The second-order valence-corrected chi connectivity index (χ2v) is 6.34. The highest BCUT2D eigenvalue weighted by atomic mass is 16.3. The van der Waals surface area contributed by atoms with Gasteiger partial charge in [0.2, 0.25) is 5.91 Å². The van der Waals surface area contributed by atoms with Gasteiger partial charge in [0, 0.05) is 23.5 Å². The highest BCUT2D eigenvalue weighted by Crippen LogP contribution is 2.14. The molecule has 1 atom stereocenters. The first-order valence-corrected chi connectivity index (χ1v) is 8.52. The predicted octanol–water partition coefficient (Wildman–Crippen LogP) is 2.46. The minimum absolute atomic E-state index is 0.152. The molecule has 138 valence electrons. The number of benzene rings is 2. The molecule has 2 aromatic rings. The van der Waals surface area contributed by atoms with Gasteiger partial charge in [-0.3, -0.25) is 9.59 Å². The van der Waals surface area contributed by atoms with Crippen molar-refractivity contribution in [3.05, 3.63) is 59.2 Å². The van der Waals surface area contributed by atoms with Crippen molar-refractivity contribution in [2.45, 2.75) is 26.9 Å². The summed E-state index contributed by atoms with van der Waals surface area (Å²) in [5.74, 6) is -0.435. The number of rotatable bonds is 7. The highest BCUT2D eigenvalue weighted by Gasteiger charge is 2.07. The van der Waals surface area contributed by atoms with Crippen LogP contribution in [0.4, 0.5) is 11.4 Å². The van der Waals surface area contributed by atoms with E-state index in [-0.39, 0.29) is 24.9 Å². The maximum Gasteiger partial charge on any atom is 0.251 e. The molecule has 0 radical (unpaired) electrons. The number of aryl methyl sites for hydroxylation is 2. The lowest BCUT2D eigenvalue weighted by Crippen LogP contribution is -2.30. The summed E-state index contributed by atoms with van der Waals surface area (Å²) in [5, 5.41) is 17.7. The Labute approximate surface area is 153 Å². The number of hydrogen-bond donors (Lipinski definition) is 4. The summed E-state index contributed by atoms with van der Waals surface area (Å²) in [4.78, 5) is 23.9. The number of aliphatic hydroxyl groups is 1. The van der Waals surface area contributed by atoms with Crippen LogP contribution in [0, 0.1) is 13.8 Å². The minimum atomic E-state index is -0.595. The van der Waals surface area contributed by atoms with Gasteiger partial charge < -0.3 is 21.1 Å². The number of amides is 2. The normalized spacial score (nSPS) is 11.5. The van der Waals surface area contributed by atoms with Crippen molar-refractivity contribution in [3.8, 4) is 0 Å². The summed E-state index contributed by atoms with van der Waals surface area (Å²) in [6.45, 7) is 6.02. The molecule has 1 unspecified atom stereocenters. The molecule has 0 fully saturated rings. The Morgan fingerprint density at radius 2 is 1.65 bits per heavy atom. The van der Waals surface area contributed by atoms with Crippen LogP contribution in [0.25, 0.3) is 0 Å². The smallest absolute Gasteiger partial charge is 0.251 e. The first kappa shape index (κ1) is 19.5. The van der Waals surface area contributed by atoms with Crippen molar-refractivity contribution in [2.75, 3.05) is 23.7 Å². The Morgan fingerprint density at radius 3 is 2.27 bits per heavy atom. The number of aliphatic hydroxyl groups excluding tert-OH is 1. The van der Waals surface area contributed by atoms with Crippen LogP contribution in [0.3, 0.4) is 0 Å². The SMILES string of the molecule is Cc1ccc(NCC(=O)Nc2ccc(C(=O)NCC(C)O)cc2)cc1C. The van der Waals surface area contributed by atoms with Crippen LogP contribution in [0.5, 0.6) is 0 Å². The maximum atomic E-state index is 12.1. The van der Waals surface area contributed by atoms with Crippen molar-refractivity contribution in [3.63, 3.8) is 0 Å². The van der Waals surface area contributed by atoms with Gasteiger partial charge in [0.05, 0.1) is 12.6 Å². The number of anilines is 2. The first-order valence-electron chi connectivity index (χ1n) is 8.52. The van der Waals surface area contributed by atoms with Crippen molar-refractivity contribution in [2.24, 2.45) is 0 Å². The van der Waals surface area contributed by atoms with Crippen LogP contribution in [-0.4, -0.2) is 36.1 Å². The average Bonchev–Trinajstić information content (AvgIpc) is 2.61. The van der Waals surface area contributed by atoms with E-state index in [1.165, 1.54) is 11.1 Å². The van der Waals surface area contributed by atoms with Crippen LogP contribution in [0.2, 0.25) is 0 Å². The van der Waals surface area contributed by atoms with Gasteiger partial charge in [-0.15, -0.1) is 0 Å². The van der Waals surface area contributed by atoms with Gasteiger partial charge in [0.15, 0.2) is 0 Å². The Bertz CT molecular complexity index is 770. The molecule has 0 aromatic heterocycles. The Balaban J connectivity index is 1.85. The lowest BCUT2D eigenvalue weighted by molar-refractivity contribution is -0.114. The van der Waals surface area contributed by atoms with E-state index in [2.05, 4.69) is 16.0 Å². The third-order valence-corrected chi connectivity index (χ3v) is 3.95. The molecule has 0 saturated heterocycles.